The summed E-state index contributed by atoms with van der Waals surface area (Å²) in [6, 6.07) is 1.48. The van der Waals surface area contributed by atoms with E-state index in [9.17, 15) is 0 Å². The molecule has 0 aromatic carbocycles. The normalized spacial score (nSPS) is 8.57. The first kappa shape index (κ1) is 11.0. The van der Waals surface area contributed by atoms with Crippen molar-refractivity contribution in [3.8, 4) is 0 Å². The molecule has 0 amide bonds. The van der Waals surface area contributed by atoms with Crippen molar-refractivity contribution in [3.63, 3.8) is 0 Å². The fraction of sp³-hybridized carbons (Fsp3) is 1.00. The summed E-state index contributed by atoms with van der Waals surface area (Å²) in [6.07, 6.45) is 1.38. The van der Waals surface area contributed by atoms with Crippen LogP contribution in [0.1, 0.15) is 13.3 Å². The number of hydrogen-bond donors (Lipinski definition) is 0. The smallest absolute Gasteiger partial charge is 0.0412 e. The molecule has 0 unspecified atom stereocenters. The van der Waals surface area contributed by atoms with Crippen LogP contribution in [0.2, 0.25) is 19.1 Å². The average Bonchev–Trinajstić information content (AvgIpc) is 1.35. The molecule has 2 heteroatoms. The first-order valence-corrected chi connectivity index (χ1v) is 5.27. The van der Waals surface area contributed by atoms with Crippen LogP contribution in [0.5, 0.6) is 0 Å². The van der Waals surface area contributed by atoms with Crippen LogP contribution in [0.4, 0.5) is 0 Å². The Morgan fingerprint density at radius 2 is 1.71 bits per heavy atom. The topological polar surface area (TPSA) is 0 Å². The quantitative estimate of drug-likeness (QED) is 0.524. The van der Waals surface area contributed by atoms with Crippen LogP contribution in [0.3, 0.4) is 0 Å². The molecule has 0 saturated heterocycles. The zero-order chi connectivity index (χ0) is 4.99. The molecule has 0 N–H and O–H groups in total. The second-order valence-corrected chi connectivity index (χ2v) is 4.87. The molecule has 0 rings (SSSR count). The molecule has 0 aromatic rings. The Morgan fingerprint density at radius 3 is 1.71 bits per heavy atom. The van der Waals surface area contributed by atoms with Gasteiger partial charge in [0.05, 0.1) is 0 Å². The summed E-state index contributed by atoms with van der Waals surface area (Å²) in [5, 5.41) is 0. The van der Waals surface area contributed by atoms with Crippen molar-refractivity contribution in [2.75, 3.05) is 0 Å². The van der Waals surface area contributed by atoms with E-state index in [1.165, 1.54) is 12.5 Å². The second-order valence-electron chi connectivity index (χ2n) is 1.96. The summed E-state index contributed by atoms with van der Waals surface area (Å²) in [5.41, 5.74) is 0. The SMILES string of the molecule is CCC[Si](C)C.[Sc]. The first-order valence-electron chi connectivity index (χ1n) is 2.56. The van der Waals surface area contributed by atoms with Gasteiger partial charge >= 0.3 is 0 Å². The Bertz CT molecular complexity index is 29.3. The fourth-order valence-electron chi connectivity index (χ4n) is 0.500. The Kier molecular flexibility index (Phi) is 11.1. The largest absolute Gasteiger partial charge is 0.0713 e. The summed E-state index contributed by atoms with van der Waals surface area (Å²) >= 11 is 0. The van der Waals surface area contributed by atoms with Crippen molar-refractivity contribution in [1.29, 1.82) is 0 Å². The molecule has 0 nitrogen and oxygen atoms in total. The monoisotopic (exact) mass is 146 g/mol. The molecule has 0 aliphatic carbocycles. The van der Waals surface area contributed by atoms with Crippen molar-refractivity contribution in [1.82, 2.24) is 0 Å². The van der Waals surface area contributed by atoms with Gasteiger partial charge in [-0.1, -0.05) is 32.5 Å². The van der Waals surface area contributed by atoms with Crippen molar-refractivity contribution in [3.05, 3.63) is 0 Å². The minimum absolute atomic E-state index is 0. The van der Waals surface area contributed by atoms with Crippen molar-refractivity contribution < 1.29 is 25.8 Å². The van der Waals surface area contributed by atoms with Gasteiger partial charge in [-0.25, -0.2) is 0 Å². The Balaban J connectivity index is 0. The van der Waals surface area contributed by atoms with Gasteiger partial charge in [-0.15, -0.1) is 0 Å². The molecule has 0 aromatic heterocycles. The van der Waals surface area contributed by atoms with Crippen LogP contribution in [0, 0.1) is 0 Å². The van der Waals surface area contributed by atoms with E-state index in [-0.39, 0.29) is 34.6 Å². The zero-order valence-corrected chi connectivity index (χ0v) is 8.29. The van der Waals surface area contributed by atoms with Gasteiger partial charge < -0.3 is 0 Å². The molecule has 0 fully saturated rings. The van der Waals surface area contributed by atoms with E-state index in [4.69, 9.17) is 0 Å². The number of hydrogen-bond acceptors (Lipinski definition) is 0. The van der Waals surface area contributed by atoms with Crippen LogP contribution in [0.15, 0.2) is 0 Å². The van der Waals surface area contributed by atoms with Crippen molar-refractivity contribution >= 4 is 8.80 Å². The Labute approximate surface area is 67.1 Å². The molecule has 0 spiro atoms. The van der Waals surface area contributed by atoms with Crippen LogP contribution in [-0.2, 0) is 25.8 Å². The average molecular weight is 146 g/mol. The maximum Gasteiger partial charge on any atom is 0.0412 e. The predicted octanol–water partition coefficient (Wildman–Crippen LogP) is 2.15. The fourth-order valence-corrected chi connectivity index (χ4v) is 1.50. The Morgan fingerprint density at radius 1 is 1.29 bits per heavy atom. The van der Waals surface area contributed by atoms with Crippen LogP contribution in [-0.4, -0.2) is 8.80 Å². The van der Waals surface area contributed by atoms with E-state index in [1.807, 2.05) is 0 Å². The molecule has 7 heavy (non-hydrogen) atoms. The summed E-state index contributed by atoms with van der Waals surface area (Å²) in [5.74, 6) is 0. The molecule has 40 valence electrons. The molecule has 2 radical (unpaired) electrons. The van der Waals surface area contributed by atoms with Crippen molar-refractivity contribution in [2.45, 2.75) is 32.5 Å². The van der Waals surface area contributed by atoms with E-state index in [1.54, 1.807) is 0 Å². The summed E-state index contributed by atoms with van der Waals surface area (Å²) in [6.45, 7) is 6.96. The van der Waals surface area contributed by atoms with E-state index < -0.39 is 0 Å². The minimum Gasteiger partial charge on any atom is -0.0713 e. The van der Waals surface area contributed by atoms with Gasteiger partial charge in [-0.2, -0.15) is 0 Å². The van der Waals surface area contributed by atoms with Crippen LogP contribution < -0.4 is 0 Å². The van der Waals surface area contributed by atoms with Gasteiger partial charge in [-0.05, 0) is 0 Å². The molecule has 0 aliphatic heterocycles. The van der Waals surface area contributed by atoms with Gasteiger partial charge in [0.15, 0.2) is 0 Å². The van der Waals surface area contributed by atoms with E-state index >= 15 is 0 Å². The van der Waals surface area contributed by atoms with Gasteiger partial charge in [-0.3, -0.25) is 0 Å². The third kappa shape index (κ3) is 11.0. The van der Waals surface area contributed by atoms with Gasteiger partial charge in [0.1, 0.15) is 0 Å². The third-order valence-corrected chi connectivity index (χ3v) is 2.25. The molecular weight excluding hydrogens is 133 g/mol. The molecular formula is C5H13ScSi. The predicted molar refractivity (Wildman–Crippen MR) is 32.6 cm³/mol. The molecule has 0 heterocycles. The van der Waals surface area contributed by atoms with Gasteiger partial charge in [0, 0.05) is 34.6 Å². The maximum atomic E-state index is 2.36. The standard InChI is InChI=1S/C5H13Si.Sc/c1-4-5-6(2)3;/h4-5H2,1-3H3;. The molecule has 0 aliphatic rings. The molecule has 0 atom stereocenters. The van der Waals surface area contributed by atoms with E-state index in [0.717, 1.165) is 0 Å². The van der Waals surface area contributed by atoms with Gasteiger partial charge in [0.25, 0.3) is 0 Å². The molecule has 0 bridgehead atoms. The van der Waals surface area contributed by atoms with E-state index in [0.29, 0.717) is 0 Å². The summed E-state index contributed by atoms with van der Waals surface area (Å²) in [4.78, 5) is 0. The van der Waals surface area contributed by atoms with Crippen molar-refractivity contribution in [2.24, 2.45) is 0 Å². The van der Waals surface area contributed by atoms with E-state index in [2.05, 4.69) is 20.0 Å². The minimum atomic E-state index is 0. The third-order valence-electron chi connectivity index (χ3n) is 0.750. The number of rotatable bonds is 2. The maximum absolute atomic E-state index is 2.36. The summed E-state index contributed by atoms with van der Waals surface area (Å²) in [7, 11) is 0.114. The van der Waals surface area contributed by atoms with Crippen LogP contribution in [0.25, 0.3) is 0 Å². The van der Waals surface area contributed by atoms with Gasteiger partial charge in [0.2, 0.25) is 0 Å². The zero-order valence-electron chi connectivity index (χ0n) is 5.49. The second kappa shape index (κ2) is 7.09. The first-order chi connectivity index (χ1) is 2.77. The van der Waals surface area contributed by atoms with Crippen LogP contribution >= 0.6 is 0 Å². The molecule has 0 saturated carbocycles. The summed E-state index contributed by atoms with van der Waals surface area (Å²) < 4.78 is 0. The Hall–Kier alpha value is 1.09.